The molecule has 0 atom stereocenters. The minimum atomic E-state index is -2.93. The van der Waals surface area contributed by atoms with Crippen LogP contribution >= 0.6 is 11.6 Å². The third-order valence-corrected chi connectivity index (χ3v) is 5.20. The van der Waals surface area contributed by atoms with Crippen LogP contribution in [0, 0.1) is 0 Å². The van der Waals surface area contributed by atoms with Gasteiger partial charge in [-0.15, -0.1) is 0 Å². The molecule has 0 amide bonds. The number of sulfone groups is 1. The molecular formula is C15H24ClNO3S. The van der Waals surface area contributed by atoms with Crippen molar-refractivity contribution >= 4 is 21.4 Å². The van der Waals surface area contributed by atoms with Gasteiger partial charge in [0, 0.05) is 28.9 Å². The van der Waals surface area contributed by atoms with Crippen molar-refractivity contribution in [3.63, 3.8) is 0 Å². The maximum atomic E-state index is 11.4. The molecule has 0 heterocycles. The van der Waals surface area contributed by atoms with Crippen LogP contribution in [0.2, 0.25) is 5.02 Å². The Bertz CT molecular complexity index is 544. The third-order valence-electron chi connectivity index (χ3n) is 3.06. The molecule has 0 unspecified atom stereocenters. The molecule has 0 fully saturated rings. The van der Waals surface area contributed by atoms with E-state index in [9.17, 15) is 8.42 Å². The van der Waals surface area contributed by atoms with Gasteiger partial charge in [0.15, 0.2) is 0 Å². The summed E-state index contributed by atoms with van der Waals surface area (Å²) in [6, 6.07) is 5.87. The number of rotatable bonds is 9. The van der Waals surface area contributed by atoms with Gasteiger partial charge in [-0.2, -0.15) is 0 Å². The number of nitrogens with one attached hydrogen (secondary N) is 1. The van der Waals surface area contributed by atoms with Gasteiger partial charge in [0.1, 0.15) is 15.6 Å². The summed E-state index contributed by atoms with van der Waals surface area (Å²) in [5, 5.41) is 3.96. The zero-order valence-corrected chi connectivity index (χ0v) is 14.4. The Morgan fingerprint density at radius 3 is 2.67 bits per heavy atom. The summed E-state index contributed by atoms with van der Waals surface area (Å²) in [5.41, 5.74) is 0.909. The van der Waals surface area contributed by atoms with E-state index in [1.54, 1.807) is 6.92 Å². The summed E-state index contributed by atoms with van der Waals surface area (Å²) in [7, 11) is -2.93. The van der Waals surface area contributed by atoms with E-state index in [4.69, 9.17) is 16.3 Å². The molecule has 0 saturated carbocycles. The maximum absolute atomic E-state index is 11.4. The molecule has 1 N–H and O–H groups in total. The first-order chi connectivity index (χ1) is 9.85. The smallest absolute Gasteiger partial charge is 0.150 e. The lowest BCUT2D eigenvalue weighted by Gasteiger charge is -2.15. The second-order valence-corrected chi connectivity index (χ2v) is 8.07. The Kier molecular flexibility index (Phi) is 7.49. The minimum absolute atomic E-state index is 0.156. The lowest BCUT2D eigenvalue weighted by molar-refractivity contribution is 0.313. The van der Waals surface area contributed by atoms with E-state index in [2.05, 4.69) is 19.2 Å². The SMILES string of the molecule is CCS(=O)(=O)CCCOc1cccc(Cl)c1CNC(C)C. The van der Waals surface area contributed by atoms with Gasteiger partial charge >= 0.3 is 0 Å². The average molecular weight is 334 g/mol. The second kappa shape index (κ2) is 8.61. The Hall–Kier alpha value is -0.780. The quantitative estimate of drug-likeness (QED) is 0.706. The standard InChI is InChI=1S/C15H24ClNO3S/c1-4-21(18,19)10-6-9-20-15-8-5-7-14(16)13(15)11-17-12(2)3/h5,7-8,12,17H,4,6,9-11H2,1-3H3. The topological polar surface area (TPSA) is 55.4 Å². The lowest BCUT2D eigenvalue weighted by atomic mass is 10.2. The first-order valence-corrected chi connectivity index (χ1v) is 9.39. The van der Waals surface area contributed by atoms with Crippen LogP contribution in [0.4, 0.5) is 0 Å². The van der Waals surface area contributed by atoms with Gasteiger partial charge in [0.2, 0.25) is 0 Å². The monoisotopic (exact) mass is 333 g/mol. The summed E-state index contributed by atoms with van der Waals surface area (Å²) in [4.78, 5) is 0. The predicted octanol–water partition coefficient (Wildman–Crippen LogP) is 3.04. The highest BCUT2D eigenvalue weighted by Gasteiger charge is 2.10. The molecule has 0 radical (unpaired) electrons. The van der Waals surface area contributed by atoms with Crippen LogP contribution < -0.4 is 10.1 Å². The highest BCUT2D eigenvalue weighted by molar-refractivity contribution is 7.91. The fourth-order valence-electron chi connectivity index (χ4n) is 1.76. The molecule has 1 aromatic rings. The number of ether oxygens (including phenoxy) is 1. The molecule has 21 heavy (non-hydrogen) atoms. The minimum Gasteiger partial charge on any atom is -0.493 e. The third kappa shape index (κ3) is 6.68. The molecule has 4 nitrogen and oxygen atoms in total. The van der Waals surface area contributed by atoms with E-state index in [-0.39, 0.29) is 11.5 Å². The second-order valence-electron chi connectivity index (χ2n) is 5.19. The fraction of sp³-hybridized carbons (Fsp3) is 0.600. The summed E-state index contributed by atoms with van der Waals surface area (Å²) < 4.78 is 28.5. The van der Waals surface area contributed by atoms with Crippen LogP contribution in [0.15, 0.2) is 18.2 Å². The molecule has 0 saturated heterocycles. The molecule has 0 aliphatic carbocycles. The predicted molar refractivity (Wildman–Crippen MR) is 87.9 cm³/mol. The largest absolute Gasteiger partial charge is 0.493 e. The summed E-state index contributed by atoms with van der Waals surface area (Å²) in [5.74, 6) is 1.04. The Labute approximate surface area is 132 Å². The molecule has 0 aliphatic rings. The molecule has 6 heteroatoms. The molecule has 0 spiro atoms. The number of benzene rings is 1. The number of hydrogen-bond donors (Lipinski definition) is 1. The van der Waals surface area contributed by atoms with Gasteiger partial charge in [-0.1, -0.05) is 38.4 Å². The Morgan fingerprint density at radius 1 is 1.33 bits per heavy atom. The van der Waals surface area contributed by atoms with Crippen molar-refractivity contribution in [1.82, 2.24) is 5.32 Å². The number of halogens is 1. The van der Waals surface area contributed by atoms with Gasteiger partial charge in [0.05, 0.1) is 12.4 Å². The molecule has 0 bridgehead atoms. The number of hydrogen-bond acceptors (Lipinski definition) is 4. The first-order valence-electron chi connectivity index (χ1n) is 7.19. The van der Waals surface area contributed by atoms with Crippen molar-refractivity contribution in [2.75, 3.05) is 18.1 Å². The van der Waals surface area contributed by atoms with E-state index in [0.717, 1.165) is 5.56 Å². The summed E-state index contributed by atoms with van der Waals surface area (Å²) in [6.45, 7) is 6.77. The maximum Gasteiger partial charge on any atom is 0.150 e. The summed E-state index contributed by atoms with van der Waals surface area (Å²) >= 11 is 6.20. The molecule has 1 rings (SSSR count). The van der Waals surface area contributed by atoms with Crippen LogP contribution in [0.25, 0.3) is 0 Å². The van der Waals surface area contributed by atoms with E-state index in [1.807, 2.05) is 18.2 Å². The van der Waals surface area contributed by atoms with Crippen LogP contribution in [0.5, 0.6) is 5.75 Å². The van der Waals surface area contributed by atoms with Crippen LogP contribution in [-0.2, 0) is 16.4 Å². The van der Waals surface area contributed by atoms with E-state index >= 15 is 0 Å². The Balaban J connectivity index is 2.60. The van der Waals surface area contributed by atoms with E-state index in [0.29, 0.717) is 36.4 Å². The van der Waals surface area contributed by atoms with Crippen molar-refractivity contribution in [2.45, 2.75) is 39.8 Å². The van der Waals surface area contributed by atoms with Crippen molar-refractivity contribution in [3.05, 3.63) is 28.8 Å². The van der Waals surface area contributed by atoms with Gasteiger partial charge < -0.3 is 10.1 Å². The zero-order valence-electron chi connectivity index (χ0n) is 12.9. The van der Waals surface area contributed by atoms with Crippen LogP contribution in [0.3, 0.4) is 0 Å². The highest BCUT2D eigenvalue weighted by atomic mass is 35.5. The van der Waals surface area contributed by atoms with Crippen molar-refractivity contribution in [1.29, 1.82) is 0 Å². The molecule has 0 aromatic heterocycles. The highest BCUT2D eigenvalue weighted by Crippen LogP contribution is 2.26. The zero-order chi connectivity index (χ0) is 15.9. The summed E-state index contributed by atoms with van der Waals surface area (Å²) in [6.07, 6.45) is 0.486. The van der Waals surface area contributed by atoms with Crippen LogP contribution in [0.1, 0.15) is 32.8 Å². The van der Waals surface area contributed by atoms with Gasteiger partial charge in [-0.25, -0.2) is 8.42 Å². The van der Waals surface area contributed by atoms with Gasteiger partial charge in [0.25, 0.3) is 0 Å². The normalized spacial score (nSPS) is 11.9. The van der Waals surface area contributed by atoms with Gasteiger partial charge in [-0.3, -0.25) is 0 Å². The van der Waals surface area contributed by atoms with Gasteiger partial charge in [-0.05, 0) is 18.6 Å². The van der Waals surface area contributed by atoms with E-state index in [1.165, 1.54) is 0 Å². The van der Waals surface area contributed by atoms with Crippen molar-refractivity contribution in [3.8, 4) is 5.75 Å². The molecule has 0 aliphatic heterocycles. The molecule has 120 valence electrons. The molecular weight excluding hydrogens is 310 g/mol. The van der Waals surface area contributed by atoms with Crippen molar-refractivity contribution in [2.24, 2.45) is 0 Å². The van der Waals surface area contributed by atoms with Crippen molar-refractivity contribution < 1.29 is 13.2 Å². The Morgan fingerprint density at radius 2 is 2.05 bits per heavy atom. The molecule has 1 aromatic carbocycles. The fourth-order valence-corrected chi connectivity index (χ4v) is 2.84. The van der Waals surface area contributed by atoms with Crippen LogP contribution in [-0.4, -0.2) is 32.6 Å². The first kappa shape index (κ1) is 18.3. The van der Waals surface area contributed by atoms with E-state index < -0.39 is 9.84 Å². The average Bonchev–Trinajstić information content (AvgIpc) is 2.42. The lowest BCUT2D eigenvalue weighted by Crippen LogP contribution is -2.22.